The minimum Gasteiger partial charge on any atom is -0.309 e. The molecule has 0 spiro atoms. The summed E-state index contributed by atoms with van der Waals surface area (Å²) in [7, 11) is -8.06. The molecule has 0 atom stereocenters. The predicted octanol–water partition coefficient (Wildman–Crippen LogP) is 18.6. The molecule has 8 nitrogen and oxygen atoms in total. The van der Waals surface area contributed by atoms with Crippen molar-refractivity contribution in [2.24, 2.45) is 0 Å². The molecule has 0 radical (unpaired) electrons. The fourth-order valence-electron chi connectivity index (χ4n) is 14.1. The van der Waals surface area contributed by atoms with Crippen LogP contribution < -0.4 is 0 Å². The summed E-state index contributed by atoms with van der Waals surface area (Å²) in [4.78, 5) is 29.0. The minimum atomic E-state index is -4.03. The van der Waals surface area contributed by atoms with Crippen LogP contribution in [0, 0.1) is 0 Å². The average molecular weight is 1200 g/mol. The Morgan fingerprint density at radius 3 is 0.844 bits per heavy atom. The molecule has 13 aromatic carbocycles. The van der Waals surface area contributed by atoms with Gasteiger partial charge in [-0.15, -0.1) is 0 Å². The van der Waals surface area contributed by atoms with Crippen LogP contribution in [-0.4, -0.2) is 37.5 Å². The van der Waals surface area contributed by atoms with Gasteiger partial charge in [-0.05, 0) is 153 Å². The van der Waals surface area contributed by atoms with Crippen molar-refractivity contribution in [2.45, 2.75) is 19.6 Å². The summed E-state index contributed by atoms with van der Waals surface area (Å²) in [5.74, 6) is -0.727. The van der Waals surface area contributed by atoms with E-state index in [4.69, 9.17) is 0 Å². The first-order valence-electron chi connectivity index (χ1n) is 29.6. The molecular weight excluding hydrogens is 1150 g/mol. The van der Waals surface area contributed by atoms with E-state index in [0.717, 1.165) is 111 Å². The lowest BCUT2D eigenvalue weighted by Crippen LogP contribution is -2.20. The molecule has 90 heavy (non-hydrogen) atoms. The van der Waals surface area contributed by atoms with Gasteiger partial charge in [0.25, 0.3) is 0 Å². The van der Waals surface area contributed by atoms with E-state index in [9.17, 15) is 26.4 Å². The fraction of sp³-hybridized carbons (Fsp3) is 0. The van der Waals surface area contributed by atoms with Gasteiger partial charge in [0.15, 0.2) is 11.6 Å². The molecule has 17 rings (SSSR count). The molecule has 2 aromatic heterocycles. The predicted molar refractivity (Wildman–Crippen MR) is 358 cm³/mol. The van der Waals surface area contributed by atoms with Gasteiger partial charge in [-0.2, -0.15) is 0 Å². The third kappa shape index (κ3) is 7.84. The van der Waals surface area contributed by atoms with Gasteiger partial charge < -0.3 is 9.13 Å². The van der Waals surface area contributed by atoms with Crippen molar-refractivity contribution in [3.05, 3.63) is 313 Å². The van der Waals surface area contributed by atoms with Crippen molar-refractivity contribution in [1.29, 1.82) is 0 Å². The highest BCUT2D eigenvalue weighted by atomic mass is 32.2. The number of nitrogens with zero attached hydrogens (tertiary/aromatic N) is 2. The Hall–Kier alpha value is -11.3. The van der Waals surface area contributed by atoms with Crippen LogP contribution >= 0.6 is 0 Å². The summed E-state index contributed by atoms with van der Waals surface area (Å²) in [6, 6.07) is 94.4. The summed E-state index contributed by atoms with van der Waals surface area (Å²) in [6.45, 7) is 0. The van der Waals surface area contributed by atoms with Crippen molar-refractivity contribution >= 4 is 74.9 Å². The van der Waals surface area contributed by atoms with Gasteiger partial charge in [-0.3, -0.25) is 9.59 Å². The summed E-state index contributed by atoms with van der Waals surface area (Å²) >= 11 is 0. The third-order valence-corrected chi connectivity index (χ3v) is 21.9. The highest BCUT2D eigenvalue weighted by Crippen LogP contribution is 2.51. The van der Waals surface area contributed by atoms with Gasteiger partial charge in [-0.25, -0.2) is 16.8 Å². The monoisotopic (exact) mass is 1200 g/mol. The SMILES string of the molecule is O=C1c2ccccc2S(=O)(=O)c2ccc(-c3ccccc3-c3cc(-c4ccccc4-n4c5ccccc5c5ccccc54)c(-c4ccccc4-c4ccc5c(c4)C(=O)c4ccccc4S5(=O)=O)cc3-c3ccccc3-n3c4ccccc4c4ccccc43)cc21. The van der Waals surface area contributed by atoms with Crippen molar-refractivity contribution < 1.29 is 26.4 Å². The van der Waals surface area contributed by atoms with E-state index in [1.807, 2.05) is 36.4 Å². The molecule has 0 saturated heterocycles. The molecule has 2 aliphatic rings. The van der Waals surface area contributed by atoms with E-state index >= 15 is 0 Å². The maximum atomic E-state index is 14.6. The van der Waals surface area contributed by atoms with Crippen LogP contribution in [-0.2, 0) is 19.7 Å². The Bertz CT molecular complexity index is 5420. The van der Waals surface area contributed by atoms with Gasteiger partial charge in [0.1, 0.15) is 0 Å². The second-order valence-corrected chi connectivity index (χ2v) is 26.7. The van der Waals surface area contributed by atoms with Crippen LogP contribution in [0.15, 0.2) is 311 Å². The molecule has 0 N–H and O–H groups in total. The lowest BCUT2D eigenvalue weighted by molar-refractivity contribution is 0.102. The second kappa shape index (κ2) is 20.1. The number of fused-ring (bicyclic) bond motifs is 10. The Balaban J connectivity index is 0.989. The maximum absolute atomic E-state index is 14.6. The van der Waals surface area contributed by atoms with E-state index in [1.165, 1.54) is 12.1 Å². The highest BCUT2D eigenvalue weighted by molar-refractivity contribution is 7.92. The molecule has 0 bridgehead atoms. The summed E-state index contributed by atoms with van der Waals surface area (Å²) < 4.78 is 61.9. The number of aromatic nitrogens is 2. The van der Waals surface area contributed by atoms with Crippen molar-refractivity contribution in [3.8, 4) is 78.1 Å². The molecular formula is C80H48N2O6S2. The first-order chi connectivity index (χ1) is 44.0. The molecule has 0 amide bonds. The number of benzene rings is 13. The van der Waals surface area contributed by atoms with Crippen LogP contribution in [0.25, 0.3) is 122 Å². The number of sulfone groups is 2. The topological polar surface area (TPSA) is 112 Å². The largest absolute Gasteiger partial charge is 0.309 e. The van der Waals surface area contributed by atoms with Crippen molar-refractivity contribution in [3.63, 3.8) is 0 Å². The zero-order chi connectivity index (χ0) is 60.6. The molecule has 0 fully saturated rings. The number of ketones is 2. The van der Waals surface area contributed by atoms with Gasteiger partial charge in [0.2, 0.25) is 19.7 Å². The van der Waals surface area contributed by atoms with Gasteiger partial charge in [0.05, 0.1) is 53.0 Å². The second-order valence-electron chi connectivity index (χ2n) is 22.9. The maximum Gasteiger partial charge on any atom is 0.208 e. The average Bonchev–Trinajstić information content (AvgIpc) is 1.07. The van der Waals surface area contributed by atoms with Crippen molar-refractivity contribution in [1.82, 2.24) is 9.13 Å². The Labute approximate surface area is 518 Å². The molecule has 4 heterocycles. The quantitative estimate of drug-likeness (QED) is 0.150. The normalized spacial score (nSPS) is 13.7. The van der Waals surface area contributed by atoms with E-state index in [1.54, 1.807) is 72.8 Å². The Kier molecular flexibility index (Phi) is 11.8. The van der Waals surface area contributed by atoms with E-state index in [2.05, 4.69) is 179 Å². The van der Waals surface area contributed by atoms with Crippen LogP contribution in [0.1, 0.15) is 31.8 Å². The molecule has 0 unspecified atom stereocenters. The zero-order valence-corrected chi connectivity index (χ0v) is 49.5. The summed E-state index contributed by atoms with van der Waals surface area (Å²) in [6.07, 6.45) is 0. The van der Waals surface area contributed by atoms with Gasteiger partial charge >= 0.3 is 0 Å². The molecule has 15 aromatic rings. The van der Waals surface area contributed by atoms with Crippen molar-refractivity contribution in [2.75, 3.05) is 0 Å². The number of carbonyl (C=O) groups excluding carboxylic acids is 2. The van der Waals surface area contributed by atoms with Crippen LogP contribution in [0.5, 0.6) is 0 Å². The molecule has 426 valence electrons. The lowest BCUT2D eigenvalue weighted by atomic mass is 9.81. The molecule has 10 heteroatoms. The van der Waals surface area contributed by atoms with Gasteiger partial charge in [-0.1, -0.05) is 194 Å². The van der Waals surface area contributed by atoms with E-state index in [-0.39, 0.29) is 53.4 Å². The molecule has 2 aliphatic heterocycles. The van der Waals surface area contributed by atoms with Crippen LogP contribution in [0.3, 0.4) is 0 Å². The number of hydrogen-bond donors (Lipinski definition) is 0. The highest BCUT2D eigenvalue weighted by Gasteiger charge is 2.37. The fourth-order valence-corrected chi connectivity index (χ4v) is 17.4. The summed E-state index contributed by atoms with van der Waals surface area (Å²) in [5.41, 5.74) is 16.1. The number of rotatable bonds is 8. The summed E-state index contributed by atoms with van der Waals surface area (Å²) in [5, 5.41) is 4.41. The molecule has 0 saturated carbocycles. The first-order valence-corrected chi connectivity index (χ1v) is 32.6. The standard InChI is InChI=1S/C80H48N2O6S2/c83-79-61-31-11-19-39-75(61)89(85,86)77-43-41-49(45-67(77)79)51-21-1-3-23-53(51)63-47-66(60-30-10-18-38-74(60)82-71-35-15-7-27-57(71)58-28-8-16-36-72(58)82)64(48-65(63)59-29-9-17-37-73(59)81-69-33-13-5-25-55(69)56-26-6-14-34-70(56)81)54-24-4-2-22-52(54)50-42-44-78-68(46-50)80(84)62-32-12-20-40-76(62)90(78,87)88/h1-48H. The Morgan fingerprint density at radius 2 is 0.478 bits per heavy atom. The number of hydrogen-bond acceptors (Lipinski definition) is 6. The van der Waals surface area contributed by atoms with E-state index in [0.29, 0.717) is 11.1 Å². The smallest absolute Gasteiger partial charge is 0.208 e. The Morgan fingerprint density at radius 1 is 0.211 bits per heavy atom. The van der Waals surface area contributed by atoms with Crippen LogP contribution in [0.2, 0.25) is 0 Å². The first kappa shape index (κ1) is 53.0. The third-order valence-electron chi connectivity index (χ3n) is 18.1. The van der Waals surface area contributed by atoms with E-state index < -0.39 is 19.7 Å². The molecule has 0 aliphatic carbocycles. The number of carbonyl (C=O) groups is 2. The van der Waals surface area contributed by atoms with Crippen LogP contribution in [0.4, 0.5) is 0 Å². The number of para-hydroxylation sites is 6. The minimum absolute atomic E-state index is 0.00331. The zero-order valence-electron chi connectivity index (χ0n) is 47.9. The lowest BCUT2D eigenvalue weighted by Gasteiger charge is -2.25. The van der Waals surface area contributed by atoms with Gasteiger partial charge in [0, 0.05) is 54.9 Å².